The Morgan fingerprint density at radius 2 is 2.24 bits per heavy atom. The first-order valence-electron chi connectivity index (χ1n) is 7.90. The second kappa shape index (κ2) is 6.46. The van der Waals surface area contributed by atoms with Gasteiger partial charge in [0, 0.05) is 25.8 Å². The van der Waals surface area contributed by atoms with Crippen molar-refractivity contribution >= 4 is 11.6 Å². The Morgan fingerprint density at radius 1 is 1.48 bits per heavy atom. The SMILES string of the molecule is CCCNc1cnccc1C(=O)N1CCC(C(C)(C)C)C1. The summed E-state index contributed by atoms with van der Waals surface area (Å²) in [4.78, 5) is 18.9. The number of amides is 1. The molecule has 0 radical (unpaired) electrons. The predicted octanol–water partition coefficient (Wildman–Crippen LogP) is 3.41. The maximum atomic E-state index is 12.8. The smallest absolute Gasteiger partial charge is 0.256 e. The van der Waals surface area contributed by atoms with E-state index in [0.717, 1.165) is 43.7 Å². The fourth-order valence-electron chi connectivity index (χ4n) is 2.80. The largest absolute Gasteiger partial charge is 0.383 e. The van der Waals surface area contributed by atoms with Crippen molar-refractivity contribution in [2.45, 2.75) is 40.5 Å². The highest BCUT2D eigenvalue weighted by molar-refractivity contribution is 5.99. The number of anilines is 1. The van der Waals surface area contributed by atoms with E-state index in [1.54, 1.807) is 12.4 Å². The molecule has 1 fully saturated rings. The van der Waals surface area contributed by atoms with Gasteiger partial charge in [0.15, 0.2) is 0 Å². The van der Waals surface area contributed by atoms with Crippen LogP contribution in [0.1, 0.15) is 50.9 Å². The van der Waals surface area contributed by atoms with Crippen molar-refractivity contribution in [1.82, 2.24) is 9.88 Å². The lowest BCUT2D eigenvalue weighted by atomic mass is 9.80. The van der Waals surface area contributed by atoms with E-state index in [2.05, 4.69) is 38.0 Å². The van der Waals surface area contributed by atoms with Crippen LogP contribution in [0.3, 0.4) is 0 Å². The average Bonchev–Trinajstić information content (AvgIpc) is 2.94. The zero-order valence-corrected chi connectivity index (χ0v) is 13.6. The number of rotatable bonds is 4. The van der Waals surface area contributed by atoms with E-state index >= 15 is 0 Å². The topological polar surface area (TPSA) is 45.2 Å². The molecule has 0 spiro atoms. The van der Waals surface area contributed by atoms with E-state index in [1.165, 1.54) is 0 Å². The molecule has 4 heteroatoms. The number of aromatic nitrogens is 1. The molecule has 1 aromatic rings. The summed E-state index contributed by atoms with van der Waals surface area (Å²) in [6.45, 7) is 11.5. The van der Waals surface area contributed by atoms with Crippen LogP contribution in [-0.4, -0.2) is 35.4 Å². The van der Waals surface area contributed by atoms with Gasteiger partial charge in [0.2, 0.25) is 0 Å². The minimum Gasteiger partial charge on any atom is -0.383 e. The number of hydrogen-bond acceptors (Lipinski definition) is 3. The van der Waals surface area contributed by atoms with Crippen molar-refractivity contribution in [1.29, 1.82) is 0 Å². The second-order valence-electron chi connectivity index (χ2n) is 6.95. The zero-order chi connectivity index (χ0) is 15.5. The third-order valence-electron chi connectivity index (χ3n) is 4.32. The lowest BCUT2D eigenvalue weighted by Crippen LogP contribution is -2.31. The minimum atomic E-state index is 0.128. The Morgan fingerprint density at radius 3 is 2.86 bits per heavy atom. The minimum absolute atomic E-state index is 0.128. The number of likely N-dealkylation sites (tertiary alicyclic amines) is 1. The van der Waals surface area contributed by atoms with Crippen molar-refractivity contribution in [3.63, 3.8) is 0 Å². The van der Waals surface area contributed by atoms with Gasteiger partial charge in [-0.2, -0.15) is 0 Å². The number of nitrogens with one attached hydrogen (secondary N) is 1. The molecule has 4 nitrogen and oxygen atoms in total. The van der Waals surface area contributed by atoms with Gasteiger partial charge in [-0.3, -0.25) is 9.78 Å². The molecule has 0 bridgehead atoms. The van der Waals surface area contributed by atoms with Crippen LogP contribution >= 0.6 is 0 Å². The summed E-state index contributed by atoms with van der Waals surface area (Å²) in [5.74, 6) is 0.707. The summed E-state index contributed by atoms with van der Waals surface area (Å²) < 4.78 is 0. The van der Waals surface area contributed by atoms with E-state index in [1.807, 2.05) is 11.0 Å². The highest BCUT2D eigenvalue weighted by atomic mass is 16.2. The maximum absolute atomic E-state index is 12.8. The number of hydrogen-bond donors (Lipinski definition) is 1. The highest BCUT2D eigenvalue weighted by Crippen LogP contribution is 2.34. The Bertz CT molecular complexity index is 493. The standard InChI is InChI=1S/C17H27N3O/c1-5-8-19-15-11-18-9-6-14(15)16(21)20-10-7-13(12-20)17(2,3)4/h6,9,11,13,19H,5,7-8,10,12H2,1-4H3. The molecular weight excluding hydrogens is 262 g/mol. The summed E-state index contributed by atoms with van der Waals surface area (Å²) in [5.41, 5.74) is 1.85. The molecule has 1 saturated heterocycles. The number of carbonyl (C=O) groups is 1. The summed E-state index contributed by atoms with van der Waals surface area (Å²) in [5, 5.41) is 3.30. The van der Waals surface area contributed by atoms with Crippen LogP contribution in [0, 0.1) is 11.3 Å². The Kier molecular flexibility index (Phi) is 4.86. The zero-order valence-electron chi connectivity index (χ0n) is 13.6. The third kappa shape index (κ3) is 3.74. The molecule has 2 heterocycles. The van der Waals surface area contributed by atoms with Crippen LogP contribution in [0.15, 0.2) is 18.5 Å². The van der Waals surface area contributed by atoms with Gasteiger partial charge in [-0.1, -0.05) is 27.7 Å². The molecule has 0 saturated carbocycles. The lowest BCUT2D eigenvalue weighted by Gasteiger charge is -2.27. The van der Waals surface area contributed by atoms with E-state index in [9.17, 15) is 4.79 Å². The normalized spacial score (nSPS) is 18.9. The first-order valence-corrected chi connectivity index (χ1v) is 7.90. The number of pyridine rings is 1. The molecule has 21 heavy (non-hydrogen) atoms. The van der Waals surface area contributed by atoms with Gasteiger partial charge >= 0.3 is 0 Å². The molecule has 1 amide bonds. The Labute approximate surface area is 127 Å². The molecule has 116 valence electrons. The van der Waals surface area contributed by atoms with Gasteiger partial charge in [0.1, 0.15) is 0 Å². The predicted molar refractivity (Wildman–Crippen MR) is 86.5 cm³/mol. The molecule has 1 aliphatic rings. The maximum Gasteiger partial charge on any atom is 0.256 e. The van der Waals surface area contributed by atoms with Crippen LogP contribution in [0.5, 0.6) is 0 Å². The molecular formula is C17H27N3O. The number of carbonyl (C=O) groups excluding carboxylic acids is 1. The van der Waals surface area contributed by atoms with Gasteiger partial charge < -0.3 is 10.2 Å². The van der Waals surface area contributed by atoms with Crippen molar-refractivity contribution in [2.75, 3.05) is 25.0 Å². The van der Waals surface area contributed by atoms with Crippen molar-refractivity contribution in [3.05, 3.63) is 24.0 Å². The summed E-state index contributed by atoms with van der Waals surface area (Å²) in [6.07, 6.45) is 5.57. The lowest BCUT2D eigenvalue weighted by molar-refractivity contribution is 0.0777. The van der Waals surface area contributed by atoms with Crippen LogP contribution in [0.25, 0.3) is 0 Å². The van der Waals surface area contributed by atoms with Gasteiger partial charge in [-0.05, 0) is 30.2 Å². The van der Waals surface area contributed by atoms with Gasteiger partial charge in [0.25, 0.3) is 5.91 Å². The summed E-state index contributed by atoms with van der Waals surface area (Å²) in [6, 6.07) is 1.82. The molecule has 0 aliphatic carbocycles. The van der Waals surface area contributed by atoms with Crippen LogP contribution in [0.2, 0.25) is 0 Å². The molecule has 1 aromatic heterocycles. The fraction of sp³-hybridized carbons (Fsp3) is 0.647. The van der Waals surface area contributed by atoms with E-state index in [-0.39, 0.29) is 11.3 Å². The van der Waals surface area contributed by atoms with Gasteiger partial charge in [-0.25, -0.2) is 0 Å². The Balaban J connectivity index is 2.11. The average molecular weight is 289 g/mol. The molecule has 0 aromatic carbocycles. The van der Waals surface area contributed by atoms with Crippen molar-refractivity contribution in [3.8, 4) is 0 Å². The van der Waals surface area contributed by atoms with Crippen LogP contribution in [-0.2, 0) is 0 Å². The molecule has 1 N–H and O–H groups in total. The summed E-state index contributed by atoms with van der Waals surface area (Å²) in [7, 11) is 0. The molecule has 1 unspecified atom stereocenters. The van der Waals surface area contributed by atoms with Crippen molar-refractivity contribution in [2.24, 2.45) is 11.3 Å². The van der Waals surface area contributed by atoms with Crippen LogP contribution < -0.4 is 5.32 Å². The first kappa shape index (κ1) is 15.8. The summed E-state index contributed by atoms with van der Waals surface area (Å²) >= 11 is 0. The monoisotopic (exact) mass is 289 g/mol. The van der Waals surface area contributed by atoms with Gasteiger partial charge in [0.05, 0.1) is 17.4 Å². The molecule has 2 rings (SSSR count). The van der Waals surface area contributed by atoms with E-state index in [4.69, 9.17) is 0 Å². The van der Waals surface area contributed by atoms with Crippen LogP contribution in [0.4, 0.5) is 5.69 Å². The van der Waals surface area contributed by atoms with Gasteiger partial charge in [-0.15, -0.1) is 0 Å². The number of nitrogens with zero attached hydrogens (tertiary/aromatic N) is 2. The fourth-order valence-corrected chi connectivity index (χ4v) is 2.80. The first-order chi connectivity index (χ1) is 9.93. The Hall–Kier alpha value is -1.58. The van der Waals surface area contributed by atoms with E-state index in [0.29, 0.717) is 5.92 Å². The highest BCUT2D eigenvalue weighted by Gasteiger charge is 2.34. The molecule has 1 atom stereocenters. The molecule has 1 aliphatic heterocycles. The quantitative estimate of drug-likeness (QED) is 0.924. The van der Waals surface area contributed by atoms with Crippen molar-refractivity contribution < 1.29 is 4.79 Å². The third-order valence-corrected chi connectivity index (χ3v) is 4.32. The second-order valence-corrected chi connectivity index (χ2v) is 6.95. The van der Waals surface area contributed by atoms with E-state index < -0.39 is 0 Å².